The molecule has 2 heteroatoms. The van der Waals surface area contributed by atoms with Gasteiger partial charge in [0.25, 0.3) is 0 Å². The Labute approximate surface area is 84.4 Å². The van der Waals surface area contributed by atoms with Gasteiger partial charge in [-0.2, -0.15) is 0 Å². The highest BCUT2D eigenvalue weighted by Crippen LogP contribution is 2.16. The lowest BCUT2D eigenvalue weighted by atomic mass is 10.1. The van der Waals surface area contributed by atoms with Crippen molar-refractivity contribution >= 4 is 17.3 Å². The van der Waals surface area contributed by atoms with Crippen LogP contribution < -0.4 is 5.32 Å². The van der Waals surface area contributed by atoms with Crippen LogP contribution in [0.5, 0.6) is 0 Å². The smallest absolute Gasteiger partial charge is 0.0407 e. The molecule has 0 radical (unpaired) electrons. The van der Waals surface area contributed by atoms with Crippen LogP contribution in [0.1, 0.15) is 13.8 Å². The Hall–Kier alpha value is -0.950. The molecule has 0 fully saturated rings. The molecule has 0 aliphatic heterocycles. The predicted molar refractivity (Wildman–Crippen MR) is 59.1 cm³/mol. The summed E-state index contributed by atoms with van der Waals surface area (Å²) in [5.74, 6) is 0.440. The van der Waals surface area contributed by atoms with Gasteiger partial charge < -0.3 is 5.32 Å². The molecule has 0 heterocycles. The summed E-state index contributed by atoms with van der Waals surface area (Å²) in [7, 11) is 0. The molecular formula is C11H14ClN. The van der Waals surface area contributed by atoms with E-state index in [1.54, 1.807) is 0 Å². The molecule has 0 atom stereocenters. The highest BCUT2D eigenvalue weighted by atomic mass is 35.5. The van der Waals surface area contributed by atoms with Crippen molar-refractivity contribution in [3.8, 4) is 0 Å². The number of nitrogens with one attached hydrogen (secondary N) is 1. The average Bonchev–Trinajstić information content (AvgIpc) is 2.08. The van der Waals surface area contributed by atoms with Crippen LogP contribution in [-0.4, -0.2) is 0 Å². The minimum absolute atomic E-state index is 0.440. The van der Waals surface area contributed by atoms with E-state index in [0.29, 0.717) is 5.92 Å². The number of rotatable bonds is 3. The number of anilines is 1. The van der Waals surface area contributed by atoms with Crippen molar-refractivity contribution in [3.05, 3.63) is 41.6 Å². The van der Waals surface area contributed by atoms with Crippen molar-refractivity contribution in [2.75, 3.05) is 5.32 Å². The summed E-state index contributed by atoms with van der Waals surface area (Å²) in [5, 5.41) is 3.97. The molecule has 0 saturated heterocycles. The van der Waals surface area contributed by atoms with Crippen molar-refractivity contribution in [1.82, 2.24) is 0 Å². The topological polar surface area (TPSA) is 12.0 Å². The van der Waals surface area contributed by atoms with Gasteiger partial charge >= 0.3 is 0 Å². The molecule has 0 unspecified atom stereocenters. The number of allylic oxidation sites excluding steroid dienone is 1. The van der Waals surface area contributed by atoms with Gasteiger partial charge in [0, 0.05) is 16.4 Å². The number of halogens is 1. The van der Waals surface area contributed by atoms with Gasteiger partial charge in [-0.05, 0) is 30.2 Å². The molecule has 1 rings (SSSR count). The highest BCUT2D eigenvalue weighted by Gasteiger charge is 1.99. The van der Waals surface area contributed by atoms with E-state index in [2.05, 4.69) is 25.7 Å². The monoisotopic (exact) mass is 195 g/mol. The Balaban J connectivity index is 2.65. The second kappa shape index (κ2) is 4.33. The van der Waals surface area contributed by atoms with Gasteiger partial charge in [-0.1, -0.05) is 32.0 Å². The van der Waals surface area contributed by atoms with Crippen LogP contribution in [0.25, 0.3) is 0 Å². The molecular weight excluding hydrogens is 182 g/mol. The van der Waals surface area contributed by atoms with Crippen molar-refractivity contribution in [3.63, 3.8) is 0 Å². The van der Waals surface area contributed by atoms with Crippen molar-refractivity contribution in [1.29, 1.82) is 0 Å². The molecule has 13 heavy (non-hydrogen) atoms. The summed E-state index contributed by atoms with van der Waals surface area (Å²) in [6.45, 7) is 8.13. The van der Waals surface area contributed by atoms with Crippen molar-refractivity contribution < 1.29 is 0 Å². The first-order chi connectivity index (χ1) is 6.09. The summed E-state index contributed by atoms with van der Waals surface area (Å²) in [4.78, 5) is 0. The minimum Gasteiger partial charge on any atom is -0.359 e. The molecule has 0 aliphatic carbocycles. The number of benzene rings is 1. The van der Waals surface area contributed by atoms with E-state index < -0.39 is 0 Å². The summed E-state index contributed by atoms with van der Waals surface area (Å²) in [6.07, 6.45) is 0. The van der Waals surface area contributed by atoms with Gasteiger partial charge in [-0.15, -0.1) is 0 Å². The summed E-state index contributed by atoms with van der Waals surface area (Å²) in [5.41, 5.74) is 2.05. The molecule has 0 saturated carbocycles. The van der Waals surface area contributed by atoms with E-state index in [0.717, 1.165) is 16.4 Å². The van der Waals surface area contributed by atoms with Gasteiger partial charge in [-0.25, -0.2) is 0 Å². The van der Waals surface area contributed by atoms with Crippen LogP contribution in [0.2, 0.25) is 5.02 Å². The maximum Gasteiger partial charge on any atom is 0.0407 e. The fourth-order valence-electron chi connectivity index (χ4n) is 0.863. The van der Waals surface area contributed by atoms with E-state index in [-0.39, 0.29) is 0 Å². The van der Waals surface area contributed by atoms with Crippen LogP contribution in [0.15, 0.2) is 36.5 Å². The second-order valence-corrected chi connectivity index (χ2v) is 3.75. The van der Waals surface area contributed by atoms with E-state index in [1.807, 2.05) is 24.3 Å². The lowest BCUT2D eigenvalue weighted by molar-refractivity contribution is 0.778. The lowest BCUT2D eigenvalue weighted by Gasteiger charge is -2.12. The molecule has 0 spiro atoms. The molecule has 1 nitrogen and oxygen atoms in total. The Kier molecular flexibility index (Phi) is 3.38. The van der Waals surface area contributed by atoms with E-state index in [9.17, 15) is 0 Å². The van der Waals surface area contributed by atoms with Gasteiger partial charge in [0.2, 0.25) is 0 Å². The molecule has 1 aromatic rings. The highest BCUT2D eigenvalue weighted by molar-refractivity contribution is 6.30. The Morgan fingerprint density at radius 3 is 2.31 bits per heavy atom. The van der Waals surface area contributed by atoms with Gasteiger partial charge in [-0.3, -0.25) is 0 Å². The van der Waals surface area contributed by atoms with Crippen molar-refractivity contribution in [2.45, 2.75) is 13.8 Å². The van der Waals surface area contributed by atoms with Crippen LogP contribution in [0.3, 0.4) is 0 Å². The molecule has 0 aromatic heterocycles. The van der Waals surface area contributed by atoms with E-state index >= 15 is 0 Å². The largest absolute Gasteiger partial charge is 0.359 e. The number of hydrogen-bond donors (Lipinski definition) is 1. The zero-order valence-electron chi connectivity index (χ0n) is 7.97. The third-order valence-corrected chi connectivity index (χ3v) is 2.10. The normalized spacial score (nSPS) is 10.2. The molecule has 0 amide bonds. The first kappa shape index (κ1) is 10.1. The fraction of sp³-hybridized carbons (Fsp3) is 0.273. The zero-order chi connectivity index (χ0) is 9.84. The molecule has 70 valence electrons. The van der Waals surface area contributed by atoms with Crippen LogP contribution in [-0.2, 0) is 0 Å². The Morgan fingerprint density at radius 2 is 1.85 bits per heavy atom. The van der Waals surface area contributed by atoms with Crippen LogP contribution in [0, 0.1) is 5.92 Å². The first-order valence-electron chi connectivity index (χ1n) is 4.31. The third-order valence-electron chi connectivity index (χ3n) is 1.85. The average molecular weight is 196 g/mol. The standard InChI is InChI=1S/C11H14ClN/c1-8(2)9(3)13-11-6-4-10(12)5-7-11/h4-8,13H,3H2,1-2H3. The predicted octanol–water partition coefficient (Wildman–Crippen LogP) is 3.92. The van der Waals surface area contributed by atoms with E-state index in [4.69, 9.17) is 11.6 Å². The Morgan fingerprint density at radius 1 is 1.31 bits per heavy atom. The SMILES string of the molecule is C=C(Nc1ccc(Cl)cc1)C(C)C. The first-order valence-corrected chi connectivity index (χ1v) is 4.69. The quantitative estimate of drug-likeness (QED) is 0.771. The molecule has 1 N–H and O–H groups in total. The second-order valence-electron chi connectivity index (χ2n) is 3.31. The maximum absolute atomic E-state index is 5.76. The third kappa shape index (κ3) is 3.11. The fourth-order valence-corrected chi connectivity index (χ4v) is 0.989. The molecule has 0 bridgehead atoms. The molecule has 1 aromatic carbocycles. The van der Waals surface area contributed by atoms with Crippen LogP contribution in [0.4, 0.5) is 5.69 Å². The van der Waals surface area contributed by atoms with Crippen LogP contribution >= 0.6 is 11.6 Å². The van der Waals surface area contributed by atoms with Gasteiger partial charge in [0.15, 0.2) is 0 Å². The number of hydrogen-bond acceptors (Lipinski definition) is 1. The van der Waals surface area contributed by atoms with Gasteiger partial charge in [0.1, 0.15) is 0 Å². The Bertz CT molecular complexity index is 287. The summed E-state index contributed by atoms with van der Waals surface area (Å²) in [6, 6.07) is 7.60. The minimum atomic E-state index is 0.440. The maximum atomic E-state index is 5.76. The lowest BCUT2D eigenvalue weighted by Crippen LogP contribution is -2.03. The van der Waals surface area contributed by atoms with Gasteiger partial charge in [0.05, 0.1) is 0 Å². The molecule has 0 aliphatic rings. The summed E-state index contributed by atoms with van der Waals surface area (Å²) < 4.78 is 0. The van der Waals surface area contributed by atoms with E-state index in [1.165, 1.54) is 0 Å². The zero-order valence-corrected chi connectivity index (χ0v) is 8.73. The summed E-state index contributed by atoms with van der Waals surface area (Å²) >= 11 is 5.76. The van der Waals surface area contributed by atoms with Crippen molar-refractivity contribution in [2.24, 2.45) is 5.92 Å².